The van der Waals surface area contributed by atoms with Crippen LogP contribution in [0.5, 0.6) is 0 Å². The van der Waals surface area contributed by atoms with Crippen LogP contribution in [-0.4, -0.2) is 49.0 Å². The molecule has 0 unspecified atom stereocenters. The lowest BCUT2D eigenvalue weighted by atomic mass is 10.1. The number of hydrogen-bond acceptors (Lipinski definition) is 5. The normalized spacial score (nSPS) is 14.0. The molecule has 1 aliphatic heterocycles. The predicted molar refractivity (Wildman–Crippen MR) is 127 cm³/mol. The van der Waals surface area contributed by atoms with Crippen LogP contribution in [0.3, 0.4) is 0 Å². The highest BCUT2D eigenvalue weighted by Crippen LogP contribution is 2.28. The Balaban J connectivity index is 1.35. The third-order valence-electron chi connectivity index (χ3n) is 6.08. The molecule has 33 heavy (non-hydrogen) atoms. The summed E-state index contributed by atoms with van der Waals surface area (Å²) in [6, 6.07) is 18.0. The van der Waals surface area contributed by atoms with Gasteiger partial charge in [0.25, 0.3) is 5.91 Å². The summed E-state index contributed by atoms with van der Waals surface area (Å²) < 4.78 is 18.6. The maximum atomic E-state index is 13.3. The molecule has 0 aliphatic carbocycles. The Kier molecular flexibility index (Phi) is 5.69. The first-order chi connectivity index (χ1) is 16.1. The van der Waals surface area contributed by atoms with Gasteiger partial charge < -0.3 is 19.1 Å². The Morgan fingerprint density at radius 2 is 1.79 bits per heavy atom. The van der Waals surface area contributed by atoms with E-state index in [4.69, 9.17) is 4.42 Å². The molecule has 1 aliphatic rings. The van der Waals surface area contributed by atoms with Crippen molar-refractivity contribution in [3.8, 4) is 0 Å². The fraction of sp³-hybridized carbons (Fsp3) is 0.231. The Morgan fingerprint density at radius 1 is 1.03 bits per heavy atom. The molecular weight excluding hydrogens is 419 g/mol. The van der Waals surface area contributed by atoms with Crippen LogP contribution in [0.2, 0.25) is 0 Å². The van der Waals surface area contributed by atoms with Crippen LogP contribution in [0.25, 0.3) is 10.8 Å². The monoisotopic (exact) mass is 444 g/mol. The third kappa shape index (κ3) is 4.39. The minimum atomic E-state index is -0.225. The lowest BCUT2D eigenvalue weighted by Gasteiger charge is -2.37. The van der Waals surface area contributed by atoms with Gasteiger partial charge in [-0.05, 0) is 60.0 Å². The van der Waals surface area contributed by atoms with Gasteiger partial charge in [-0.3, -0.25) is 4.79 Å². The van der Waals surface area contributed by atoms with E-state index in [0.717, 1.165) is 54.2 Å². The molecule has 1 amide bonds. The quantitative estimate of drug-likeness (QED) is 0.452. The Labute approximate surface area is 191 Å². The van der Waals surface area contributed by atoms with E-state index in [-0.39, 0.29) is 11.7 Å². The van der Waals surface area contributed by atoms with Crippen LogP contribution in [0.1, 0.15) is 16.1 Å². The number of carbonyl (C=O) groups is 1. The van der Waals surface area contributed by atoms with E-state index in [1.807, 2.05) is 54.7 Å². The zero-order chi connectivity index (χ0) is 22.8. The van der Waals surface area contributed by atoms with Crippen molar-refractivity contribution in [1.82, 2.24) is 9.88 Å². The van der Waals surface area contributed by atoms with Crippen molar-refractivity contribution in [2.24, 2.45) is 0 Å². The van der Waals surface area contributed by atoms with Gasteiger partial charge in [0.1, 0.15) is 17.4 Å². The molecule has 0 spiro atoms. The van der Waals surface area contributed by atoms with Crippen LogP contribution in [-0.2, 0) is 6.54 Å². The maximum Gasteiger partial charge on any atom is 0.254 e. The molecular formula is C26H25FN4O2. The summed E-state index contributed by atoms with van der Waals surface area (Å²) in [5.41, 5.74) is 1.64. The summed E-state index contributed by atoms with van der Waals surface area (Å²) >= 11 is 0. The van der Waals surface area contributed by atoms with Crippen molar-refractivity contribution in [1.29, 1.82) is 0 Å². The fourth-order valence-electron chi connectivity index (χ4n) is 4.29. The molecule has 0 radical (unpaired) electrons. The number of rotatable bonds is 5. The molecule has 1 fully saturated rings. The molecule has 0 saturated carbocycles. The highest BCUT2D eigenvalue weighted by atomic mass is 19.1. The van der Waals surface area contributed by atoms with E-state index in [0.29, 0.717) is 12.1 Å². The number of piperazine rings is 1. The van der Waals surface area contributed by atoms with Gasteiger partial charge in [-0.25, -0.2) is 9.37 Å². The molecule has 2 aromatic carbocycles. The number of nitrogens with zero attached hydrogens (tertiary/aromatic N) is 4. The van der Waals surface area contributed by atoms with Gasteiger partial charge in [0, 0.05) is 56.1 Å². The molecule has 0 atom stereocenters. The van der Waals surface area contributed by atoms with E-state index >= 15 is 0 Å². The second-order valence-corrected chi connectivity index (χ2v) is 8.26. The van der Waals surface area contributed by atoms with Crippen LogP contribution in [0, 0.1) is 5.82 Å². The van der Waals surface area contributed by atoms with Gasteiger partial charge in [0.2, 0.25) is 0 Å². The van der Waals surface area contributed by atoms with Crippen LogP contribution in [0.4, 0.5) is 15.9 Å². The van der Waals surface area contributed by atoms with Crippen LogP contribution < -0.4 is 9.80 Å². The Bertz CT molecular complexity index is 1250. The van der Waals surface area contributed by atoms with Gasteiger partial charge in [-0.2, -0.15) is 0 Å². The number of carbonyl (C=O) groups excluding carboxylic acids is 1. The van der Waals surface area contributed by atoms with E-state index in [9.17, 15) is 9.18 Å². The first-order valence-electron chi connectivity index (χ1n) is 11.0. The SMILES string of the molecule is CN(Cc1ccco1)C(=O)c1ccc2ccnc(N3CCN(c4ccc(F)cc4)CC3)c2c1. The van der Waals surface area contributed by atoms with Gasteiger partial charge in [-0.1, -0.05) is 6.07 Å². The topological polar surface area (TPSA) is 52.8 Å². The minimum absolute atomic E-state index is 0.0655. The summed E-state index contributed by atoms with van der Waals surface area (Å²) in [6.45, 7) is 3.62. The van der Waals surface area contributed by atoms with Crippen molar-refractivity contribution in [3.63, 3.8) is 0 Å². The highest BCUT2D eigenvalue weighted by Gasteiger charge is 2.21. The van der Waals surface area contributed by atoms with Crippen molar-refractivity contribution in [2.45, 2.75) is 6.54 Å². The lowest BCUT2D eigenvalue weighted by Crippen LogP contribution is -2.46. The van der Waals surface area contributed by atoms with Crippen LogP contribution >= 0.6 is 0 Å². The molecule has 0 N–H and O–H groups in total. The van der Waals surface area contributed by atoms with Crippen molar-refractivity contribution in [2.75, 3.05) is 43.0 Å². The van der Waals surface area contributed by atoms with E-state index < -0.39 is 0 Å². The van der Waals surface area contributed by atoms with Crippen molar-refractivity contribution >= 4 is 28.2 Å². The number of amides is 1. The third-order valence-corrected chi connectivity index (χ3v) is 6.08. The van der Waals surface area contributed by atoms with E-state index in [1.165, 1.54) is 12.1 Å². The molecule has 4 aromatic rings. The zero-order valence-electron chi connectivity index (χ0n) is 18.4. The molecule has 5 rings (SSSR count). The summed E-state index contributed by atoms with van der Waals surface area (Å²) in [6.07, 6.45) is 3.42. The Hall–Kier alpha value is -3.87. The van der Waals surface area contributed by atoms with Crippen LogP contribution in [0.15, 0.2) is 77.5 Å². The van der Waals surface area contributed by atoms with Gasteiger partial charge in [-0.15, -0.1) is 0 Å². The average Bonchev–Trinajstić information content (AvgIpc) is 3.36. The van der Waals surface area contributed by atoms with Gasteiger partial charge >= 0.3 is 0 Å². The second kappa shape index (κ2) is 8.94. The zero-order valence-corrected chi connectivity index (χ0v) is 18.4. The molecule has 3 heterocycles. The predicted octanol–water partition coefficient (Wildman–Crippen LogP) is 4.57. The van der Waals surface area contributed by atoms with Gasteiger partial charge in [0.05, 0.1) is 12.8 Å². The summed E-state index contributed by atoms with van der Waals surface area (Å²) in [4.78, 5) is 23.9. The number of anilines is 2. The Morgan fingerprint density at radius 3 is 2.52 bits per heavy atom. The number of aromatic nitrogens is 1. The minimum Gasteiger partial charge on any atom is -0.467 e. The number of benzene rings is 2. The molecule has 1 saturated heterocycles. The fourth-order valence-corrected chi connectivity index (χ4v) is 4.29. The number of fused-ring (bicyclic) bond motifs is 1. The lowest BCUT2D eigenvalue weighted by molar-refractivity contribution is 0.0775. The number of hydrogen-bond donors (Lipinski definition) is 0. The largest absolute Gasteiger partial charge is 0.467 e. The first kappa shape index (κ1) is 21.0. The summed E-state index contributed by atoms with van der Waals surface area (Å²) in [5.74, 6) is 1.34. The smallest absolute Gasteiger partial charge is 0.254 e. The molecule has 168 valence electrons. The molecule has 6 nitrogen and oxygen atoms in total. The molecule has 0 bridgehead atoms. The molecule has 2 aromatic heterocycles. The van der Waals surface area contributed by atoms with Gasteiger partial charge in [0.15, 0.2) is 0 Å². The number of pyridine rings is 1. The van der Waals surface area contributed by atoms with Crippen molar-refractivity contribution < 1.29 is 13.6 Å². The highest BCUT2D eigenvalue weighted by molar-refractivity contribution is 6.01. The number of halogens is 1. The average molecular weight is 445 g/mol. The summed E-state index contributed by atoms with van der Waals surface area (Å²) in [7, 11) is 1.77. The van der Waals surface area contributed by atoms with Crippen molar-refractivity contribution in [3.05, 3.63) is 90.3 Å². The first-order valence-corrected chi connectivity index (χ1v) is 11.0. The maximum absolute atomic E-state index is 13.3. The molecule has 7 heteroatoms. The second-order valence-electron chi connectivity index (χ2n) is 8.26. The number of furan rings is 1. The van der Waals surface area contributed by atoms with E-state index in [2.05, 4.69) is 14.8 Å². The van der Waals surface area contributed by atoms with E-state index in [1.54, 1.807) is 18.2 Å². The summed E-state index contributed by atoms with van der Waals surface area (Å²) in [5, 5.41) is 2.01. The standard InChI is InChI=1S/C26H25FN4O2/c1-29(18-23-3-2-16-33-23)26(32)20-5-4-19-10-11-28-25(24(19)17-20)31-14-12-30(13-15-31)22-8-6-21(27)7-9-22/h2-11,16-17H,12-15,18H2,1H3.